The summed E-state index contributed by atoms with van der Waals surface area (Å²) in [7, 11) is 0. The van der Waals surface area contributed by atoms with E-state index < -0.39 is 11.9 Å². The Morgan fingerprint density at radius 2 is 0.703 bits per heavy atom. The lowest BCUT2D eigenvalue weighted by molar-refractivity contribution is -0.142. The third-order valence-electron chi connectivity index (χ3n) is 7.95. The molecular weight excluding hydrogens is 460 g/mol. The Labute approximate surface area is 230 Å². The summed E-state index contributed by atoms with van der Waals surface area (Å²) in [5.41, 5.74) is 0. The van der Waals surface area contributed by atoms with Crippen LogP contribution in [0.5, 0.6) is 0 Å². The summed E-state index contributed by atoms with van der Waals surface area (Å²) < 4.78 is 0. The molecule has 0 saturated heterocycles. The number of aliphatic carboxylic acids is 2. The standard InChI is InChI=1S/C33H64O4/c1-2-3-4-5-6-7-8-13-16-19-22-25-28-31(33(36)37)29-26-23-20-17-14-11-9-10-12-15-18-21-24-27-30-32(34)35/h31H,2-30H2,1H3,(H,34,35)(H,36,37). The zero-order valence-electron chi connectivity index (χ0n) is 24.8. The van der Waals surface area contributed by atoms with Crippen molar-refractivity contribution in [3.8, 4) is 0 Å². The molecule has 220 valence electrons. The molecule has 0 spiro atoms. The molecule has 2 N–H and O–H groups in total. The molecule has 0 aromatic heterocycles. The first-order valence-electron chi connectivity index (χ1n) is 16.5. The first kappa shape index (κ1) is 35.9. The SMILES string of the molecule is CCCCCCCCCCCCCCC(CCCCCCCCCCCCCCCCC(=O)O)C(=O)O. The number of hydrogen-bond acceptors (Lipinski definition) is 2. The van der Waals surface area contributed by atoms with Gasteiger partial charge in [0.1, 0.15) is 0 Å². The maximum Gasteiger partial charge on any atom is 0.306 e. The minimum absolute atomic E-state index is 0.125. The van der Waals surface area contributed by atoms with Crippen molar-refractivity contribution < 1.29 is 19.8 Å². The molecule has 0 saturated carbocycles. The van der Waals surface area contributed by atoms with Crippen LogP contribution in [-0.2, 0) is 9.59 Å². The minimum Gasteiger partial charge on any atom is -0.481 e. The van der Waals surface area contributed by atoms with Gasteiger partial charge in [-0.05, 0) is 19.3 Å². The monoisotopic (exact) mass is 524 g/mol. The van der Waals surface area contributed by atoms with Crippen LogP contribution >= 0.6 is 0 Å². The van der Waals surface area contributed by atoms with Crippen LogP contribution in [-0.4, -0.2) is 22.2 Å². The van der Waals surface area contributed by atoms with Crippen LogP contribution in [0.3, 0.4) is 0 Å². The molecule has 0 fully saturated rings. The van der Waals surface area contributed by atoms with Crippen molar-refractivity contribution in [3.05, 3.63) is 0 Å². The molecule has 0 heterocycles. The maximum absolute atomic E-state index is 11.6. The molecule has 1 atom stereocenters. The average molecular weight is 525 g/mol. The summed E-state index contributed by atoms with van der Waals surface area (Å²) in [5.74, 6) is -1.38. The smallest absolute Gasteiger partial charge is 0.306 e. The largest absolute Gasteiger partial charge is 0.481 e. The molecule has 0 rings (SSSR count). The number of carboxylic acid groups (broad SMARTS) is 2. The Morgan fingerprint density at radius 1 is 0.432 bits per heavy atom. The molecule has 1 unspecified atom stereocenters. The van der Waals surface area contributed by atoms with Crippen molar-refractivity contribution in [1.29, 1.82) is 0 Å². The molecule has 0 aromatic rings. The molecule has 0 aliphatic carbocycles. The lowest BCUT2D eigenvalue weighted by Crippen LogP contribution is -2.13. The number of carbonyl (C=O) groups is 2. The fourth-order valence-corrected chi connectivity index (χ4v) is 5.41. The summed E-state index contributed by atoms with van der Waals surface area (Å²) >= 11 is 0. The average Bonchev–Trinajstić information content (AvgIpc) is 2.87. The van der Waals surface area contributed by atoms with Crippen molar-refractivity contribution in [2.75, 3.05) is 0 Å². The van der Waals surface area contributed by atoms with Gasteiger partial charge in [-0.3, -0.25) is 9.59 Å². The Kier molecular flexibility index (Phi) is 28.7. The van der Waals surface area contributed by atoms with Crippen LogP contribution in [0, 0.1) is 5.92 Å². The van der Waals surface area contributed by atoms with Crippen LogP contribution in [0.2, 0.25) is 0 Å². The van der Waals surface area contributed by atoms with Gasteiger partial charge in [0, 0.05) is 6.42 Å². The lowest BCUT2D eigenvalue weighted by Gasteiger charge is -2.12. The van der Waals surface area contributed by atoms with Crippen molar-refractivity contribution in [2.24, 2.45) is 5.92 Å². The van der Waals surface area contributed by atoms with E-state index in [4.69, 9.17) is 5.11 Å². The van der Waals surface area contributed by atoms with Crippen molar-refractivity contribution in [3.63, 3.8) is 0 Å². The Morgan fingerprint density at radius 3 is 0.973 bits per heavy atom. The fraction of sp³-hybridized carbons (Fsp3) is 0.939. The van der Waals surface area contributed by atoms with Crippen LogP contribution in [0.4, 0.5) is 0 Å². The fourth-order valence-electron chi connectivity index (χ4n) is 5.41. The van der Waals surface area contributed by atoms with E-state index in [-0.39, 0.29) is 5.92 Å². The third kappa shape index (κ3) is 29.4. The van der Waals surface area contributed by atoms with E-state index in [1.54, 1.807) is 0 Å². The minimum atomic E-state index is -0.672. The van der Waals surface area contributed by atoms with Gasteiger partial charge in [-0.2, -0.15) is 0 Å². The van der Waals surface area contributed by atoms with Gasteiger partial charge in [0.15, 0.2) is 0 Å². The predicted octanol–water partition coefficient (Wildman–Crippen LogP) is 11.1. The van der Waals surface area contributed by atoms with Gasteiger partial charge >= 0.3 is 11.9 Å². The van der Waals surface area contributed by atoms with Gasteiger partial charge in [0.05, 0.1) is 5.92 Å². The second-order valence-electron chi connectivity index (χ2n) is 11.6. The van der Waals surface area contributed by atoms with E-state index in [1.807, 2.05) is 0 Å². The third-order valence-corrected chi connectivity index (χ3v) is 7.95. The topological polar surface area (TPSA) is 74.6 Å². The lowest BCUT2D eigenvalue weighted by atomic mass is 9.94. The van der Waals surface area contributed by atoms with E-state index in [9.17, 15) is 14.7 Å². The highest BCUT2D eigenvalue weighted by Gasteiger charge is 2.16. The van der Waals surface area contributed by atoms with Gasteiger partial charge in [0.2, 0.25) is 0 Å². The predicted molar refractivity (Wildman–Crippen MR) is 158 cm³/mol. The van der Waals surface area contributed by atoms with Gasteiger partial charge in [-0.15, -0.1) is 0 Å². The number of carboxylic acids is 2. The zero-order valence-corrected chi connectivity index (χ0v) is 24.8. The second-order valence-corrected chi connectivity index (χ2v) is 11.6. The highest BCUT2D eigenvalue weighted by molar-refractivity contribution is 5.69. The van der Waals surface area contributed by atoms with Gasteiger partial charge in [0.25, 0.3) is 0 Å². The molecule has 37 heavy (non-hydrogen) atoms. The first-order chi connectivity index (χ1) is 18.1. The first-order valence-corrected chi connectivity index (χ1v) is 16.5. The Bertz CT molecular complexity index is 491. The Hall–Kier alpha value is -1.06. The summed E-state index contributed by atoms with van der Waals surface area (Å²) in [4.78, 5) is 22.1. The summed E-state index contributed by atoms with van der Waals surface area (Å²) in [6, 6.07) is 0. The molecular formula is C33H64O4. The molecule has 0 bridgehead atoms. The Balaban J connectivity index is 3.39. The zero-order chi connectivity index (χ0) is 27.2. The van der Waals surface area contributed by atoms with Gasteiger partial charge < -0.3 is 10.2 Å². The van der Waals surface area contributed by atoms with Gasteiger partial charge in [-0.1, -0.05) is 167 Å². The van der Waals surface area contributed by atoms with Crippen LogP contribution in [0.1, 0.15) is 193 Å². The van der Waals surface area contributed by atoms with Crippen LogP contribution < -0.4 is 0 Å². The molecule has 0 aliphatic heterocycles. The number of rotatable bonds is 31. The van der Waals surface area contributed by atoms with Crippen LogP contribution in [0.25, 0.3) is 0 Å². The number of hydrogen-bond donors (Lipinski definition) is 2. The van der Waals surface area contributed by atoms with Gasteiger partial charge in [-0.25, -0.2) is 0 Å². The van der Waals surface area contributed by atoms with Crippen molar-refractivity contribution >= 4 is 11.9 Å². The normalized spacial score (nSPS) is 12.1. The molecule has 4 heteroatoms. The van der Waals surface area contributed by atoms with E-state index in [0.717, 1.165) is 38.5 Å². The maximum atomic E-state index is 11.6. The van der Waals surface area contributed by atoms with E-state index >= 15 is 0 Å². The molecule has 4 nitrogen and oxygen atoms in total. The highest BCUT2D eigenvalue weighted by atomic mass is 16.4. The van der Waals surface area contributed by atoms with E-state index in [2.05, 4.69) is 6.92 Å². The molecule has 0 radical (unpaired) electrons. The quantitative estimate of drug-likeness (QED) is 0.0884. The van der Waals surface area contributed by atoms with Crippen molar-refractivity contribution in [2.45, 2.75) is 193 Å². The molecule has 0 aromatic carbocycles. The summed E-state index contributed by atoms with van der Waals surface area (Å²) in [5, 5.41) is 18.2. The van der Waals surface area contributed by atoms with Crippen molar-refractivity contribution in [1.82, 2.24) is 0 Å². The molecule has 0 aliphatic rings. The second kappa shape index (κ2) is 29.5. The highest BCUT2D eigenvalue weighted by Crippen LogP contribution is 2.20. The summed E-state index contributed by atoms with van der Waals surface area (Å²) in [6.45, 7) is 2.27. The van der Waals surface area contributed by atoms with E-state index in [1.165, 1.54) is 141 Å². The molecule has 0 amide bonds. The van der Waals surface area contributed by atoms with E-state index in [0.29, 0.717) is 6.42 Å². The van der Waals surface area contributed by atoms with Crippen LogP contribution in [0.15, 0.2) is 0 Å². The number of unbranched alkanes of at least 4 members (excludes halogenated alkanes) is 24. The summed E-state index contributed by atoms with van der Waals surface area (Å²) in [6.07, 6.45) is 35.0.